The number of benzene rings is 2. The lowest BCUT2D eigenvalue weighted by molar-refractivity contribution is 0.355. The second kappa shape index (κ2) is 6.72. The number of hydrogen-bond donors (Lipinski definition) is 2. The van der Waals surface area contributed by atoms with Crippen LogP contribution in [0.3, 0.4) is 0 Å². The first-order valence-electron chi connectivity index (χ1n) is 6.49. The van der Waals surface area contributed by atoms with Gasteiger partial charge in [0.05, 0.1) is 18.7 Å². The number of phenolic OH excluding ortho intramolecular Hbond substituents is 1. The van der Waals surface area contributed by atoms with Gasteiger partial charge < -0.3 is 19.9 Å². The van der Waals surface area contributed by atoms with E-state index in [-0.39, 0.29) is 5.75 Å². The Bertz CT molecular complexity index is 644. The number of hydrogen-bond acceptors (Lipinski definition) is 4. The average molecular weight is 352 g/mol. The summed E-state index contributed by atoms with van der Waals surface area (Å²) in [6, 6.07) is 9.29. The number of aromatic hydroxyl groups is 1. The van der Waals surface area contributed by atoms with E-state index in [0.717, 1.165) is 16.8 Å². The summed E-state index contributed by atoms with van der Waals surface area (Å²) in [7, 11) is 3.24. The van der Waals surface area contributed by atoms with Crippen LogP contribution in [0, 0.1) is 6.92 Å². The lowest BCUT2D eigenvalue weighted by atomic mass is 10.1. The molecule has 0 heterocycles. The van der Waals surface area contributed by atoms with E-state index >= 15 is 0 Å². The molecule has 0 aliphatic rings. The third-order valence-corrected chi connectivity index (χ3v) is 3.86. The number of ether oxygens (including phenoxy) is 2. The molecule has 4 nitrogen and oxygen atoms in total. The average Bonchev–Trinajstić information content (AvgIpc) is 2.49. The van der Waals surface area contributed by atoms with Gasteiger partial charge in [0.1, 0.15) is 5.75 Å². The highest BCUT2D eigenvalue weighted by Crippen LogP contribution is 2.33. The molecule has 0 aliphatic heterocycles. The van der Waals surface area contributed by atoms with E-state index in [1.807, 2.05) is 31.2 Å². The summed E-state index contributed by atoms with van der Waals surface area (Å²) in [5, 5.41) is 12.9. The molecule has 21 heavy (non-hydrogen) atoms. The van der Waals surface area contributed by atoms with Gasteiger partial charge in [-0.05, 0) is 52.2 Å². The SMILES string of the molecule is COc1cc(C)c(NCc2ccc(O)c(Br)c2)cc1OC. The van der Waals surface area contributed by atoms with Crippen molar-refractivity contribution in [1.82, 2.24) is 0 Å². The Labute approximate surface area is 132 Å². The first-order chi connectivity index (χ1) is 10.0. The van der Waals surface area contributed by atoms with E-state index < -0.39 is 0 Å². The normalized spacial score (nSPS) is 10.3. The summed E-state index contributed by atoms with van der Waals surface area (Å²) < 4.78 is 11.3. The highest BCUT2D eigenvalue weighted by atomic mass is 79.9. The first-order valence-corrected chi connectivity index (χ1v) is 7.28. The molecule has 0 spiro atoms. The highest BCUT2D eigenvalue weighted by molar-refractivity contribution is 9.10. The molecule has 0 saturated carbocycles. The maximum atomic E-state index is 9.50. The highest BCUT2D eigenvalue weighted by Gasteiger charge is 2.08. The maximum absolute atomic E-state index is 9.50. The second-order valence-electron chi connectivity index (χ2n) is 4.66. The van der Waals surface area contributed by atoms with Crippen molar-refractivity contribution in [2.24, 2.45) is 0 Å². The molecule has 0 unspecified atom stereocenters. The topological polar surface area (TPSA) is 50.7 Å². The Morgan fingerprint density at radius 1 is 1.10 bits per heavy atom. The summed E-state index contributed by atoms with van der Waals surface area (Å²) in [5.74, 6) is 1.64. The number of anilines is 1. The van der Waals surface area contributed by atoms with Gasteiger partial charge in [0.25, 0.3) is 0 Å². The number of nitrogens with one attached hydrogen (secondary N) is 1. The van der Waals surface area contributed by atoms with Gasteiger partial charge in [-0.15, -0.1) is 0 Å². The molecule has 112 valence electrons. The van der Waals surface area contributed by atoms with Gasteiger partial charge >= 0.3 is 0 Å². The summed E-state index contributed by atoms with van der Waals surface area (Å²) in [6.45, 7) is 2.66. The number of methoxy groups -OCH3 is 2. The smallest absolute Gasteiger partial charge is 0.162 e. The minimum Gasteiger partial charge on any atom is -0.507 e. The molecule has 5 heteroatoms. The molecular weight excluding hydrogens is 334 g/mol. The molecule has 2 aromatic carbocycles. The summed E-state index contributed by atoms with van der Waals surface area (Å²) in [4.78, 5) is 0. The maximum Gasteiger partial charge on any atom is 0.162 e. The molecule has 0 fully saturated rings. The molecule has 0 bridgehead atoms. The van der Waals surface area contributed by atoms with E-state index in [1.54, 1.807) is 20.3 Å². The van der Waals surface area contributed by atoms with Crippen molar-refractivity contribution in [2.45, 2.75) is 13.5 Å². The van der Waals surface area contributed by atoms with Gasteiger partial charge in [0, 0.05) is 18.3 Å². The Hall–Kier alpha value is -1.88. The lowest BCUT2D eigenvalue weighted by Crippen LogP contribution is -2.02. The zero-order valence-electron chi connectivity index (χ0n) is 12.2. The van der Waals surface area contributed by atoms with Crippen LogP contribution >= 0.6 is 15.9 Å². The largest absolute Gasteiger partial charge is 0.507 e. The van der Waals surface area contributed by atoms with Gasteiger partial charge in [-0.1, -0.05) is 6.07 Å². The predicted molar refractivity (Wildman–Crippen MR) is 87.4 cm³/mol. The quantitative estimate of drug-likeness (QED) is 0.851. The number of phenols is 1. The van der Waals surface area contributed by atoms with Crippen molar-refractivity contribution in [1.29, 1.82) is 0 Å². The standard InChI is InChI=1S/C16H18BrNO3/c1-10-6-15(20-2)16(21-3)8-13(10)18-9-11-4-5-14(19)12(17)7-11/h4-8,18-19H,9H2,1-3H3. The Kier molecular flexibility index (Phi) is 4.96. The zero-order chi connectivity index (χ0) is 15.4. The van der Waals surface area contributed by atoms with Gasteiger partial charge in [-0.25, -0.2) is 0 Å². The van der Waals surface area contributed by atoms with Gasteiger partial charge in [0.2, 0.25) is 0 Å². The van der Waals surface area contributed by atoms with Crippen LogP contribution in [0.15, 0.2) is 34.8 Å². The summed E-state index contributed by atoms with van der Waals surface area (Å²) in [5.41, 5.74) is 3.12. The van der Waals surface area contributed by atoms with Crippen LogP contribution in [0.2, 0.25) is 0 Å². The Balaban J connectivity index is 2.17. The fraction of sp³-hybridized carbons (Fsp3) is 0.250. The predicted octanol–water partition coefficient (Wildman–Crippen LogP) is 4.09. The van der Waals surface area contributed by atoms with Crippen molar-refractivity contribution >= 4 is 21.6 Å². The number of aryl methyl sites for hydroxylation is 1. The monoisotopic (exact) mass is 351 g/mol. The van der Waals surface area contributed by atoms with Crippen LogP contribution in [0.4, 0.5) is 5.69 Å². The third kappa shape index (κ3) is 3.61. The van der Waals surface area contributed by atoms with Crippen molar-refractivity contribution in [3.63, 3.8) is 0 Å². The fourth-order valence-corrected chi connectivity index (χ4v) is 2.45. The molecule has 2 N–H and O–H groups in total. The Morgan fingerprint density at radius 2 is 1.76 bits per heavy atom. The number of halogens is 1. The van der Waals surface area contributed by atoms with E-state index in [4.69, 9.17) is 9.47 Å². The number of rotatable bonds is 5. The molecule has 0 aliphatic carbocycles. The van der Waals surface area contributed by atoms with Crippen LogP contribution in [-0.2, 0) is 6.54 Å². The minimum atomic E-state index is 0.237. The lowest BCUT2D eigenvalue weighted by Gasteiger charge is -2.14. The van der Waals surface area contributed by atoms with Gasteiger partial charge in [-0.3, -0.25) is 0 Å². The van der Waals surface area contributed by atoms with E-state index in [2.05, 4.69) is 21.2 Å². The van der Waals surface area contributed by atoms with E-state index in [1.165, 1.54) is 0 Å². The van der Waals surface area contributed by atoms with Crippen molar-refractivity contribution in [3.8, 4) is 17.2 Å². The minimum absolute atomic E-state index is 0.237. The molecular formula is C16H18BrNO3. The molecule has 0 aromatic heterocycles. The van der Waals surface area contributed by atoms with Gasteiger partial charge in [0.15, 0.2) is 11.5 Å². The van der Waals surface area contributed by atoms with Crippen LogP contribution in [0.1, 0.15) is 11.1 Å². The van der Waals surface area contributed by atoms with E-state index in [9.17, 15) is 5.11 Å². The second-order valence-corrected chi connectivity index (χ2v) is 5.52. The first kappa shape index (κ1) is 15.5. The molecule has 0 radical (unpaired) electrons. The van der Waals surface area contributed by atoms with Crippen LogP contribution in [-0.4, -0.2) is 19.3 Å². The van der Waals surface area contributed by atoms with Gasteiger partial charge in [-0.2, -0.15) is 0 Å². The van der Waals surface area contributed by atoms with E-state index in [0.29, 0.717) is 22.5 Å². The zero-order valence-corrected chi connectivity index (χ0v) is 13.8. The van der Waals surface area contributed by atoms with Crippen molar-refractivity contribution in [3.05, 3.63) is 45.9 Å². The Morgan fingerprint density at radius 3 is 2.38 bits per heavy atom. The summed E-state index contributed by atoms with van der Waals surface area (Å²) >= 11 is 3.31. The van der Waals surface area contributed by atoms with Crippen LogP contribution in [0.25, 0.3) is 0 Å². The van der Waals surface area contributed by atoms with Crippen molar-refractivity contribution in [2.75, 3.05) is 19.5 Å². The molecule has 0 amide bonds. The summed E-state index contributed by atoms with van der Waals surface area (Å²) in [6.07, 6.45) is 0. The molecule has 0 atom stereocenters. The van der Waals surface area contributed by atoms with Crippen molar-refractivity contribution < 1.29 is 14.6 Å². The third-order valence-electron chi connectivity index (χ3n) is 3.23. The van der Waals surface area contributed by atoms with Crippen LogP contribution in [0.5, 0.6) is 17.2 Å². The fourth-order valence-electron chi connectivity index (χ4n) is 2.03. The molecule has 0 saturated heterocycles. The van der Waals surface area contributed by atoms with Crippen LogP contribution < -0.4 is 14.8 Å². The molecule has 2 aromatic rings. The molecule has 2 rings (SSSR count).